The van der Waals surface area contributed by atoms with Crippen LogP contribution in [0.1, 0.15) is 22.8 Å². The van der Waals surface area contributed by atoms with Gasteiger partial charge in [0.25, 0.3) is 11.8 Å². The van der Waals surface area contributed by atoms with Crippen molar-refractivity contribution < 1.29 is 9.59 Å². The molecule has 0 aromatic heterocycles. The molecule has 0 radical (unpaired) electrons. The van der Waals surface area contributed by atoms with E-state index in [1.165, 1.54) is 4.90 Å². The van der Waals surface area contributed by atoms with Crippen molar-refractivity contribution >= 4 is 56.6 Å². The minimum atomic E-state index is -0.335. The molecule has 1 aliphatic rings. The van der Waals surface area contributed by atoms with Gasteiger partial charge in [-0.1, -0.05) is 36.4 Å². The lowest BCUT2D eigenvalue weighted by molar-refractivity contribution is -0.119. The molecule has 0 atom stereocenters. The molecule has 3 aromatic carbocycles. The Bertz CT molecular complexity index is 1100. The van der Waals surface area contributed by atoms with Crippen LogP contribution in [0.15, 0.2) is 65.8 Å². The number of carbonyl (C=O) groups excluding carboxylic acids is 2. The fourth-order valence-electron chi connectivity index (χ4n) is 3.24. The van der Waals surface area contributed by atoms with Crippen LogP contribution in [-0.4, -0.2) is 24.1 Å². The lowest BCUT2D eigenvalue weighted by atomic mass is 10.1. The van der Waals surface area contributed by atoms with Crippen LogP contribution in [0.4, 0.5) is 5.69 Å². The molecule has 0 aliphatic carbocycles. The highest BCUT2D eigenvalue weighted by molar-refractivity contribution is 14.1. The minimum Gasteiger partial charge on any atom is -0.298 e. The fourth-order valence-corrected chi connectivity index (χ4v) is 3.78. The molecule has 6 heteroatoms. The smallest absolute Gasteiger partial charge is 0.260 e. The highest BCUT2D eigenvalue weighted by atomic mass is 127. The molecule has 0 saturated heterocycles. The summed E-state index contributed by atoms with van der Waals surface area (Å²) in [6, 6.07) is 19.2. The Labute approximate surface area is 170 Å². The molecule has 0 bridgehead atoms. The first kappa shape index (κ1) is 17.7. The monoisotopic (exact) mass is 469 g/mol. The molecular formula is C21H16IN3O2. The second-order valence-corrected chi connectivity index (χ2v) is 7.56. The summed E-state index contributed by atoms with van der Waals surface area (Å²) in [7, 11) is 0. The number of hydrogen-bond donors (Lipinski definition) is 1. The van der Waals surface area contributed by atoms with Gasteiger partial charge in [0, 0.05) is 14.5 Å². The number of amides is 2. The molecule has 134 valence electrons. The summed E-state index contributed by atoms with van der Waals surface area (Å²) < 4.78 is 1.10. The highest BCUT2D eigenvalue weighted by Crippen LogP contribution is 2.36. The first-order valence-corrected chi connectivity index (χ1v) is 9.55. The van der Waals surface area contributed by atoms with Gasteiger partial charge in [-0.25, -0.2) is 5.43 Å². The predicted octanol–water partition coefficient (Wildman–Crippen LogP) is 3.95. The quantitative estimate of drug-likeness (QED) is 0.358. The van der Waals surface area contributed by atoms with Crippen molar-refractivity contribution in [3.63, 3.8) is 0 Å². The molecule has 0 fully saturated rings. The molecule has 2 amide bonds. The van der Waals surface area contributed by atoms with E-state index in [0.717, 1.165) is 25.6 Å². The predicted molar refractivity (Wildman–Crippen MR) is 115 cm³/mol. The third-order valence-corrected chi connectivity index (χ3v) is 5.21. The van der Waals surface area contributed by atoms with E-state index in [1.54, 1.807) is 6.07 Å². The SMILES string of the molecule is C/C(=N/NC(=O)CN1C(=O)c2cccc3cccc1c23)c1cccc(I)c1. The zero-order valence-electron chi connectivity index (χ0n) is 14.6. The van der Waals surface area contributed by atoms with Crippen molar-refractivity contribution in [3.8, 4) is 0 Å². The van der Waals surface area contributed by atoms with Crippen LogP contribution < -0.4 is 10.3 Å². The van der Waals surface area contributed by atoms with Crippen molar-refractivity contribution in [3.05, 3.63) is 75.4 Å². The third kappa shape index (κ3) is 3.32. The van der Waals surface area contributed by atoms with Gasteiger partial charge in [0.05, 0.1) is 11.4 Å². The van der Waals surface area contributed by atoms with Gasteiger partial charge in [0.1, 0.15) is 6.54 Å². The van der Waals surface area contributed by atoms with Gasteiger partial charge in [0.15, 0.2) is 0 Å². The number of hydrazone groups is 1. The van der Waals surface area contributed by atoms with Gasteiger partial charge in [-0.05, 0) is 64.7 Å². The molecule has 1 N–H and O–H groups in total. The average molecular weight is 469 g/mol. The second kappa shape index (κ2) is 7.11. The van der Waals surface area contributed by atoms with Crippen molar-refractivity contribution in [1.82, 2.24) is 5.43 Å². The zero-order chi connectivity index (χ0) is 19.0. The van der Waals surface area contributed by atoms with Gasteiger partial charge in [0.2, 0.25) is 0 Å². The van der Waals surface area contributed by atoms with Crippen LogP contribution in [0.2, 0.25) is 0 Å². The number of halogens is 1. The number of benzene rings is 3. The first-order chi connectivity index (χ1) is 13.0. The molecule has 3 aromatic rings. The molecule has 0 spiro atoms. The molecule has 4 rings (SSSR count). The number of anilines is 1. The lowest BCUT2D eigenvalue weighted by Gasteiger charge is -2.16. The standard InChI is InChI=1S/C21H16IN3O2/c1-13(15-7-2-8-16(22)11-15)23-24-19(26)12-25-18-10-4-6-14-5-3-9-17(20(14)18)21(25)27/h2-11H,12H2,1H3,(H,24,26)/b23-13-. The summed E-state index contributed by atoms with van der Waals surface area (Å²) in [5, 5.41) is 6.07. The van der Waals surface area contributed by atoms with Gasteiger partial charge in [-0.3, -0.25) is 14.5 Å². The van der Waals surface area contributed by atoms with Crippen LogP contribution in [0.25, 0.3) is 10.8 Å². The maximum Gasteiger partial charge on any atom is 0.260 e. The number of carbonyl (C=O) groups is 2. The number of nitrogens with zero attached hydrogens (tertiary/aromatic N) is 2. The Morgan fingerprint density at radius 2 is 1.85 bits per heavy atom. The van der Waals surface area contributed by atoms with E-state index in [4.69, 9.17) is 0 Å². The average Bonchev–Trinajstić information content (AvgIpc) is 2.94. The Balaban J connectivity index is 1.52. The largest absolute Gasteiger partial charge is 0.298 e. The second-order valence-electron chi connectivity index (χ2n) is 6.31. The van der Waals surface area contributed by atoms with Gasteiger partial charge < -0.3 is 0 Å². The minimum absolute atomic E-state index is 0.0737. The van der Waals surface area contributed by atoms with E-state index in [1.807, 2.05) is 61.5 Å². The summed E-state index contributed by atoms with van der Waals surface area (Å²) in [6.07, 6.45) is 0. The van der Waals surface area contributed by atoms with Gasteiger partial charge >= 0.3 is 0 Å². The lowest BCUT2D eigenvalue weighted by Crippen LogP contribution is -2.37. The van der Waals surface area contributed by atoms with Crippen molar-refractivity contribution in [1.29, 1.82) is 0 Å². The van der Waals surface area contributed by atoms with Crippen LogP contribution in [0, 0.1) is 3.57 Å². The summed E-state index contributed by atoms with van der Waals surface area (Å²) in [6.45, 7) is 1.76. The van der Waals surface area contributed by atoms with Gasteiger partial charge in [-0.2, -0.15) is 5.10 Å². The molecule has 5 nitrogen and oxygen atoms in total. The fraction of sp³-hybridized carbons (Fsp3) is 0.0952. The summed E-state index contributed by atoms with van der Waals surface area (Å²) >= 11 is 2.23. The first-order valence-electron chi connectivity index (χ1n) is 8.47. The molecular weight excluding hydrogens is 453 g/mol. The van der Waals surface area contributed by atoms with Crippen LogP contribution in [-0.2, 0) is 4.79 Å². The maximum atomic E-state index is 12.7. The molecule has 1 heterocycles. The normalized spacial score (nSPS) is 13.3. The van der Waals surface area contributed by atoms with Crippen LogP contribution in [0.3, 0.4) is 0 Å². The summed E-state index contributed by atoms with van der Waals surface area (Å²) in [5.41, 5.74) is 5.61. The topological polar surface area (TPSA) is 61.8 Å². The Hall–Kier alpha value is -2.74. The van der Waals surface area contributed by atoms with Crippen molar-refractivity contribution in [2.75, 3.05) is 11.4 Å². The van der Waals surface area contributed by atoms with E-state index >= 15 is 0 Å². The number of rotatable bonds is 4. The number of hydrogen-bond acceptors (Lipinski definition) is 3. The zero-order valence-corrected chi connectivity index (χ0v) is 16.7. The van der Waals surface area contributed by atoms with E-state index in [9.17, 15) is 9.59 Å². The molecule has 27 heavy (non-hydrogen) atoms. The Kier molecular flexibility index (Phi) is 4.65. The van der Waals surface area contributed by atoms with Crippen LogP contribution >= 0.6 is 22.6 Å². The van der Waals surface area contributed by atoms with Crippen molar-refractivity contribution in [2.24, 2.45) is 5.10 Å². The van der Waals surface area contributed by atoms with E-state index < -0.39 is 0 Å². The molecule has 0 unspecified atom stereocenters. The van der Waals surface area contributed by atoms with E-state index in [2.05, 4.69) is 33.1 Å². The molecule has 1 aliphatic heterocycles. The van der Waals surface area contributed by atoms with Crippen LogP contribution in [0.5, 0.6) is 0 Å². The van der Waals surface area contributed by atoms with Crippen molar-refractivity contribution in [2.45, 2.75) is 6.92 Å². The maximum absolute atomic E-state index is 12.7. The number of nitrogens with one attached hydrogen (secondary N) is 1. The van der Waals surface area contributed by atoms with E-state index in [0.29, 0.717) is 11.3 Å². The highest BCUT2D eigenvalue weighted by Gasteiger charge is 2.30. The third-order valence-electron chi connectivity index (χ3n) is 4.54. The van der Waals surface area contributed by atoms with Gasteiger partial charge in [-0.15, -0.1) is 0 Å². The summed E-state index contributed by atoms with van der Waals surface area (Å²) in [5.74, 6) is -0.492. The molecule has 0 saturated carbocycles. The summed E-state index contributed by atoms with van der Waals surface area (Å²) in [4.78, 5) is 26.6. The van der Waals surface area contributed by atoms with E-state index in [-0.39, 0.29) is 18.4 Å². The Morgan fingerprint density at radius 3 is 2.63 bits per heavy atom. The Morgan fingerprint density at radius 1 is 1.11 bits per heavy atom.